The van der Waals surface area contributed by atoms with Crippen molar-refractivity contribution in [3.63, 3.8) is 0 Å². The number of rotatable bonds is 9. The fraction of sp³-hybridized carbons (Fsp3) is 0.318. The Bertz CT molecular complexity index is 1210. The molecule has 0 aliphatic carbocycles. The molecule has 174 valence electrons. The van der Waals surface area contributed by atoms with Gasteiger partial charge in [-0.25, -0.2) is 18.1 Å². The van der Waals surface area contributed by atoms with E-state index in [4.69, 9.17) is 9.47 Å². The third kappa shape index (κ3) is 5.32. The SMILES string of the molecule is COc1ccc(C(=O)Nc2cccc(OCCn3cncn3)c2)cc1S(=O)(=O)N1CCCC1. The largest absolute Gasteiger partial charge is 0.495 e. The van der Waals surface area contributed by atoms with Crippen molar-refractivity contribution >= 4 is 21.6 Å². The number of hydrogen-bond acceptors (Lipinski definition) is 7. The van der Waals surface area contributed by atoms with Crippen LogP contribution in [0.25, 0.3) is 0 Å². The van der Waals surface area contributed by atoms with Crippen LogP contribution in [0.1, 0.15) is 23.2 Å². The van der Waals surface area contributed by atoms with Crippen molar-refractivity contribution in [3.8, 4) is 11.5 Å². The van der Waals surface area contributed by atoms with E-state index in [1.807, 2.05) is 0 Å². The molecule has 1 N–H and O–H groups in total. The molecule has 0 spiro atoms. The lowest BCUT2D eigenvalue weighted by atomic mass is 10.2. The van der Waals surface area contributed by atoms with Crippen LogP contribution in [0.2, 0.25) is 0 Å². The number of amides is 1. The maximum Gasteiger partial charge on any atom is 0.255 e. The molecular weight excluding hydrogens is 446 g/mol. The average Bonchev–Trinajstić information content (AvgIpc) is 3.54. The van der Waals surface area contributed by atoms with Crippen LogP contribution in [0.15, 0.2) is 60.0 Å². The molecular formula is C22H25N5O5S. The summed E-state index contributed by atoms with van der Waals surface area (Å²) in [6, 6.07) is 11.4. The van der Waals surface area contributed by atoms with E-state index in [1.54, 1.807) is 35.3 Å². The number of hydrogen-bond donors (Lipinski definition) is 1. The number of carbonyl (C=O) groups is 1. The van der Waals surface area contributed by atoms with Gasteiger partial charge in [0.05, 0.1) is 13.7 Å². The van der Waals surface area contributed by atoms with Gasteiger partial charge in [-0.2, -0.15) is 9.40 Å². The number of methoxy groups -OCH3 is 1. The summed E-state index contributed by atoms with van der Waals surface area (Å²) in [7, 11) is -2.34. The molecule has 1 aromatic heterocycles. The van der Waals surface area contributed by atoms with Crippen LogP contribution in [0.4, 0.5) is 5.69 Å². The van der Waals surface area contributed by atoms with Crippen LogP contribution in [0.3, 0.4) is 0 Å². The molecule has 0 atom stereocenters. The molecule has 2 aromatic carbocycles. The fourth-order valence-corrected chi connectivity index (χ4v) is 5.26. The van der Waals surface area contributed by atoms with Gasteiger partial charge in [0, 0.05) is 30.4 Å². The standard InChI is InChI=1S/C22H25N5O5S/c1-31-20-8-7-17(13-21(20)33(29,30)27-9-2-3-10-27)22(28)25-18-5-4-6-19(14-18)32-12-11-26-16-23-15-24-26/h4-8,13-16H,2-3,9-12H2,1H3,(H,25,28). The molecule has 0 saturated carbocycles. The molecule has 0 bridgehead atoms. The van der Waals surface area contributed by atoms with E-state index in [1.165, 1.54) is 35.9 Å². The number of nitrogens with one attached hydrogen (secondary N) is 1. The van der Waals surface area contributed by atoms with Crippen molar-refractivity contribution in [1.29, 1.82) is 0 Å². The van der Waals surface area contributed by atoms with Crippen molar-refractivity contribution in [2.45, 2.75) is 24.3 Å². The summed E-state index contributed by atoms with van der Waals surface area (Å²) >= 11 is 0. The lowest BCUT2D eigenvalue weighted by Crippen LogP contribution is -2.28. The van der Waals surface area contributed by atoms with Gasteiger partial charge in [-0.15, -0.1) is 0 Å². The zero-order valence-corrected chi connectivity index (χ0v) is 19.0. The summed E-state index contributed by atoms with van der Waals surface area (Å²) in [4.78, 5) is 16.7. The predicted octanol–water partition coefficient (Wildman–Crippen LogP) is 2.40. The lowest BCUT2D eigenvalue weighted by molar-refractivity contribution is 0.102. The Morgan fingerprint density at radius 2 is 1.97 bits per heavy atom. The molecule has 33 heavy (non-hydrogen) atoms. The Balaban J connectivity index is 1.47. The summed E-state index contributed by atoms with van der Waals surface area (Å²) in [5.74, 6) is 0.358. The first-order valence-electron chi connectivity index (χ1n) is 10.5. The minimum atomic E-state index is -3.75. The second-order valence-electron chi connectivity index (χ2n) is 7.47. The maximum atomic E-state index is 13.1. The molecule has 1 aliphatic rings. The molecule has 2 heterocycles. The van der Waals surface area contributed by atoms with Crippen LogP contribution >= 0.6 is 0 Å². The first-order valence-corrected chi connectivity index (χ1v) is 12.0. The molecule has 10 nitrogen and oxygen atoms in total. The lowest BCUT2D eigenvalue weighted by Gasteiger charge is -2.18. The maximum absolute atomic E-state index is 13.1. The number of ether oxygens (including phenoxy) is 2. The van der Waals surface area contributed by atoms with Gasteiger partial charge in [0.1, 0.15) is 35.7 Å². The second-order valence-corrected chi connectivity index (χ2v) is 9.37. The summed E-state index contributed by atoms with van der Waals surface area (Å²) in [6.07, 6.45) is 4.70. The van der Waals surface area contributed by atoms with Crippen molar-refractivity contribution in [2.24, 2.45) is 0 Å². The second kappa shape index (κ2) is 10.0. The van der Waals surface area contributed by atoms with Gasteiger partial charge in [-0.05, 0) is 43.2 Å². The highest BCUT2D eigenvalue weighted by Crippen LogP contribution is 2.30. The number of sulfonamides is 1. The van der Waals surface area contributed by atoms with E-state index in [0.29, 0.717) is 37.7 Å². The van der Waals surface area contributed by atoms with Crippen LogP contribution in [-0.4, -0.2) is 60.2 Å². The number of benzene rings is 2. The number of aromatic nitrogens is 3. The van der Waals surface area contributed by atoms with Gasteiger partial charge in [-0.1, -0.05) is 6.07 Å². The minimum absolute atomic E-state index is 0.00950. The first kappa shape index (κ1) is 22.7. The van der Waals surface area contributed by atoms with E-state index in [9.17, 15) is 13.2 Å². The summed E-state index contributed by atoms with van der Waals surface area (Å²) in [5, 5.41) is 6.81. The van der Waals surface area contributed by atoms with Crippen LogP contribution in [-0.2, 0) is 16.6 Å². The minimum Gasteiger partial charge on any atom is -0.495 e. The van der Waals surface area contributed by atoms with Gasteiger partial charge in [-0.3, -0.25) is 4.79 Å². The molecule has 4 rings (SSSR count). The van der Waals surface area contributed by atoms with Gasteiger partial charge in [0.2, 0.25) is 10.0 Å². The summed E-state index contributed by atoms with van der Waals surface area (Å²) in [5.41, 5.74) is 0.740. The summed E-state index contributed by atoms with van der Waals surface area (Å²) < 4.78 is 40.2. The summed E-state index contributed by atoms with van der Waals surface area (Å²) in [6.45, 7) is 1.85. The van der Waals surface area contributed by atoms with Gasteiger partial charge < -0.3 is 14.8 Å². The normalized spacial score (nSPS) is 14.2. The molecule has 11 heteroatoms. The van der Waals surface area contributed by atoms with Gasteiger partial charge >= 0.3 is 0 Å². The van der Waals surface area contributed by atoms with Crippen LogP contribution < -0.4 is 14.8 Å². The Morgan fingerprint density at radius 1 is 1.15 bits per heavy atom. The van der Waals surface area contributed by atoms with Crippen molar-refractivity contribution in [1.82, 2.24) is 19.1 Å². The highest BCUT2D eigenvalue weighted by molar-refractivity contribution is 7.89. The Hall–Kier alpha value is -3.44. The van der Waals surface area contributed by atoms with Gasteiger partial charge in [0.15, 0.2) is 0 Å². The number of anilines is 1. The van der Waals surface area contributed by atoms with E-state index >= 15 is 0 Å². The zero-order valence-electron chi connectivity index (χ0n) is 18.2. The van der Waals surface area contributed by atoms with Crippen molar-refractivity contribution in [3.05, 3.63) is 60.7 Å². The van der Waals surface area contributed by atoms with E-state index in [2.05, 4.69) is 15.4 Å². The third-order valence-electron chi connectivity index (χ3n) is 5.26. The highest BCUT2D eigenvalue weighted by atomic mass is 32.2. The quantitative estimate of drug-likeness (QED) is 0.509. The highest BCUT2D eigenvalue weighted by Gasteiger charge is 2.30. The topological polar surface area (TPSA) is 116 Å². The molecule has 1 fully saturated rings. The number of nitrogens with zero attached hydrogens (tertiary/aromatic N) is 4. The number of carbonyl (C=O) groups excluding carboxylic acids is 1. The van der Waals surface area contributed by atoms with Crippen molar-refractivity contribution in [2.75, 3.05) is 32.1 Å². The molecule has 3 aromatic rings. The fourth-order valence-electron chi connectivity index (χ4n) is 3.56. The first-order chi connectivity index (χ1) is 16.0. The Morgan fingerprint density at radius 3 is 2.70 bits per heavy atom. The molecule has 1 saturated heterocycles. The van der Waals surface area contributed by atoms with Crippen molar-refractivity contribution < 1.29 is 22.7 Å². The van der Waals surface area contributed by atoms with E-state index < -0.39 is 15.9 Å². The third-order valence-corrected chi connectivity index (χ3v) is 7.18. The van der Waals surface area contributed by atoms with Crippen LogP contribution in [0.5, 0.6) is 11.5 Å². The van der Waals surface area contributed by atoms with Crippen LogP contribution in [0, 0.1) is 0 Å². The van der Waals surface area contributed by atoms with E-state index in [-0.39, 0.29) is 16.2 Å². The monoisotopic (exact) mass is 471 g/mol. The smallest absolute Gasteiger partial charge is 0.255 e. The Kier molecular flexibility index (Phi) is 6.90. The molecule has 0 radical (unpaired) electrons. The van der Waals surface area contributed by atoms with Gasteiger partial charge in [0.25, 0.3) is 5.91 Å². The molecule has 1 aliphatic heterocycles. The predicted molar refractivity (Wildman–Crippen MR) is 121 cm³/mol. The molecule has 0 unspecified atom stereocenters. The Labute approximate surface area is 192 Å². The zero-order chi connectivity index (χ0) is 23.3. The average molecular weight is 472 g/mol. The molecule has 1 amide bonds. The van der Waals surface area contributed by atoms with E-state index in [0.717, 1.165) is 12.8 Å².